The number of nitrogens with one attached hydrogen (secondary N) is 1. The summed E-state index contributed by atoms with van der Waals surface area (Å²) in [5.74, 6) is -0.0920. The molecule has 1 N–H and O–H groups in total. The summed E-state index contributed by atoms with van der Waals surface area (Å²) in [7, 11) is -2.54. The van der Waals surface area contributed by atoms with Gasteiger partial charge in [0.15, 0.2) is 0 Å². The lowest BCUT2D eigenvalue weighted by molar-refractivity contribution is -0.114. The second kappa shape index (κ2) is 9.00. The molecule has 0 radical (unpaired) electrons. The van der Waals surface area contributed by atoms with Crippen LogP contribution in [0.5, 0.6) is 5.75 Å². The lowest BCUT2D eigenvalue weighted by atomic mass is 10.1. The second-order valence-corrected chi connectivity index (χ2v) is 8.65. The van der Waals surface area contributed by atoms with E-state index in [4.69, 9.17) is 4.74 Å². The van der Waals surface area contributed by atoms with Gasteiger partial charge in [0.05, 0.1) is 17.7 Å². The van der Waals surface area contributed by atoms with Crippen molar-refractivity contribution >= 4 is 27.3 Å². The first-order chi connectivity index (χ1) is 14.3. The summed E-state index contributed by atoms with van der Waals surface area (Å²) in [6.07, 6.45) is 0. The van der Waals surface area contributed by atoms with Crippen molar-refractivity contribution in [2.75, 3.05) is 23.3 Å². The van der Waals surface area contributed by atoms with Crippen LogP contribution in [0.25, 0.3) is 0 Å². The normalized spacial score (nSPS) is 11.0. The Morgan fingerprint density at radius 2 is 1.60 bits per heavy atom. The first-order valence-electron chi connectivity index (χ1n) is 9.41. The fourth-order valence-corrected chi connectivity index (χ4v) is 4.51. The SMILES string of the molecule is COc1ccccc1N(CC(=O)Nc1cccc(C)c1C)S(=O)(=O)c1ccccc1. The Morgan fingerprint density at radius 1 is 0.933 bits per heavy atom. The summed E-state index contributed by atoms with van der Waals surface area (Å²) in [5, 5.41) is 2.83. The van der Waals surface area contributed by atoms with Crippen LogP contribution >= 0.6 is 0 Å². The molecule has 30 heavy (non-hydrogen) atoms. The number of nitrogens with zero attached hydrogens (tertiary/aromatic N) is 1. The third-order valence-corrected chi connectivity index (χ3v) is 6.62. The summed E-state index contributed by atoms with van der Waals surface area (Å²) in [6.45, 7) is 3.46. The molecule has 0 saturated heterocycles. The topological polar surface area (TPSA) is 75.7 Å². The third-order valence-electron chi connectivity index (χ3n) is 4.85. The molecule has 0 saturated carbocycles. The summed E-state index contributed by atoms with van der Waals surface area (Å²) < 4.78 is 33.2. The maximum absolute atomic E-state index is 13.4. The van der Waals surface area contributed by atoms with Gasteiger partial charge in [0.2, 0.25) is 5.91 Å². The predicted octanol–water partition coefficient (Wildman–Crippen LogP) is 4.15. The van der Waals surface area contributed by atoms with Crippen molar-refractivity contribution < 1.29 is 17.9 Å². The zero-order valence-corrected chi connectivity index (χ0v) is 17.9. The van der Waals surface area contributed by atoms with E-state index in [1.54, 1.807) is 48.5 Å². The van der Waals surface area contributed by atoms with Crippen molar-refractivity contribution in [3.05, 3.63) is 83.9 Å². The number of benzene rings is 3. The fraction of sp³-hybridized carbons (Fsp3) is 0.174. The van der Waals surface area contributed by atoms with Crippen molar-refractivity contribution in [2.24, 2.45) is 0 Å². The van der Waals surface area contributed by atoms with Gasteiger partial charge in [-0.25, -0.2) is 8.42 Å². The average molecular weight is 425 g/mol. The number of ether oxygens (including phenoxy) is 1. The lowest BCUT2D eigenvalue weighted by Crippen LogP contribution is -2.38. The van der Waals surface area contributed by atoms with E-state index >= 15 is 0 Å². The van der Waals surface area contributed by atoms with Crippen LogP contribution in [-0.4, -0.2) is 28.0 Å². The number of rotatable bonds is 7. The van der Waals surface area contributed by atoms with E-state index in [0.29, 0.717) is 17.1 Å². The maximum atomic E-state index is 13.4. The van der Waals surface area contributed by atoms with Crippen LogP contribution in [0.2, 0.25) is 0 Å². The van der Waals surface area contributed by atoms with Crippen molar-refractivity contribution in [1.82, 2.24) is 0 Å². The first-order valence-corrected chi connectivity index (χ1v) is 10.9. The molecule has 3 aromatic rings. The molecule has 0 spiro atoms. The molecule has 0 bridgehead atoms. The molecule has 6 nitrogen and oxygen atoms in total. The number of hydrogen-bond donors (Lipinski definition) is 1. The third kappa shape index (κ3) is 4.46. The minimum Gasteiger partial charge on any atom is -0.495 e. The van der Waals surface area contributed by atoms with Crippen LogP contribution in [0.3, 0.4) is 0 Å². The maximum Gasteiger partial charge on any atom is 0.264 e. The lowest BCUT2D eigenvalue weighted by Gasteiger charge is -2.25. The van der Waals surface area contributed by atoms with Gasteiger partial charge in [0.25, 0.3) is 10.0 Å². The summed E-state index contributed by atoms with van der Waals surface area (Å²) in [4.78, 5) is 13.0. The molecule has 0 aliphatic carbocycles. The van der Waals surface area contributed by atoms with E-state index in [1.165, 1.54) is 19.2 Å². The molecule has 0 aromatic heterocycles. The number of carbonyl (C=O) groups excluding carboxylic acids is 1. The molecule has 156 valence electrons. The second-order valence-electron chi connectivity index (χ2n) is 6.79. The van der Waals surface area contributed by atoms with Crippen molar-refractivity contribution in [2.45, 2.75) is 18.7 Å². The summed E-state index contributed by atoms with van der Waals surface area (Å²) in [5.41, 5.74) is 2.91. The molecule has 3 aromatic carbocycles. The first kappa shape index (κ1) is 21.4. The van der Waals surface area contributed by atoms with Crippen molar-refractivity contribution in [3.8, 4) is 5.75 Å². The highest BCUT2D eigenvalue weighted by Gasteiger charge is 2.29. The van der Waals surface area contributed by atoms with Gasteiger partial charge in [0, 0.05) is 5.69 Å². The highest BCUT2D eigenvalue weighted by molar-refractivity contribution is 7.92. The molecular formula is C23H24N2O4S. The highest BCUT2D eigenvalue weighted by atomic mass is 32.2. The van der Waals surface area contributed by atoms with E-state index in [0.717, 1.165) is 15.4 Å². The summed E-state index contributed by atoms with van der Waals surface area (Å²) >= 11 is 0. The minimum absolute atomic E-state index is 0.0930. The van der Waals surface area contributed by atoms with Crippen LogP contribution in [0.15, 0.2) is 77.7 Å². The molecule has 0 heterocycles. The quantitative estimate of drug-likeness (QED) is 0.618. The molecule has 3 rings (SSSR count). The number of aryl methyl sites for hydroxylation is 1. The van der Waals surface area contributed by atoms with E-state index in [9.17, 15) is 13.2 Å². The number of anilines is 2. The van der Waals surface area contributed by atoms with Gasteiger partial charge in [0.1, 0.15) is 12.3 Å². The van der Waals surface area contributed by atoms with Crippen molar-refractivity contribution in [1.29, 1.82) is 0 Å². The molecule has 0 unspecified atom stereocenters. The fourth-order valence-electron chi connectivity index (χ4n) is 3.06. The van der Waals surface area contributed by atoms with Gasteiger partial charge in [-0.3, -0.25) is 9.10 Å². The molecule has 7 heteroatoms. The Labute approximate surface area is 177 Å². The number of amides is 1. The Bertz CT molecular complexity index is 1140. The standard InChI is InChI=1S/C23H24N2O4S/c1-17-10-9-13-20(18(17)2)24-23(26)16-25(21-14-7-8-15-22(21)29-3)30(27,28)19-11-5-4-6-12-19/h4-15H,16H2,1-3H3,(H,24,26). The Hall–Kier alpha value is -3.32. The summed E-state index contributed by atoms with van der Waals surface area (Å²) in [6, 6.07) is 20.3. The monoisotopic (exact) mass is 424 g/mol. The zero-order valence-electron chi connectivity index (χ0n) is 17.1. The molecule has 0 fully saturated rings. The molecule has 0 aliphatic heterocycles. The van der Waals surface area contributed by atoms with Crippen LogP contribution in [0, 0.1) is 13.8 Å². The van der Waals surface area contributed by atoms with E-state index < -0.39 is 22.5 Å². The largest absolute Gasteiger partial charge is 0.495 e. The molecule has 1 amide bonds. The van der Waals surface area contributed by atoms with Gasteiger partial charge in [-0.1, -0.05) is 42.5 Å². The van der Waals surface area contributed by atoms with Crippen LogP contribution in [-0.2, 0) is 14.8 Å². The van der Waals surface area contributed by atoms with Gasteiger partial charge >= 0.3 is 0 Å². The van der Waals surface area contributed by atoms with Gasteiger partial charge in [-0.15, -0.1) is 0 Å². The van der Waals surface area contributed by atoms with Crippen LogP contribution < -0.4 is 14.4 Å². The Kier molecular flexibility index (Phi) is 6.42. The van der Waals surface area contributed by atoms with Crippen LogP contribution in [0.4, 0.5) is 11.4 Å². The van der Waals surface area contributed by atoms with E-state index in [2.05, 4.69) is 5.32 Å². The zero-order chi connectivity index (χ0) is 21.7. The number of sulfonamides is 1. The average Bonchev–Trinajstić information content (AvgIpc) is 2.76. The predicted molar refractivity (Wildman–Crippen MR) is 119 cm³/mol. The molecule has 0 atom stereocenters. The molecular weight excluding hydrogens is 400 g/mol. The highest BCUT2D eigenvalue weighted by Crippen LogP contribution is 2.32. The minimum atomic E-state index is -4.00. The number of carbonyl (C=O) groups is 1. The van der Waals surface area contributed by atoms with E-state index in [1.807, 2.05) is 26.0 Å². The Morgan fingerprint density at radius 3 is 2.30 bits per heavy atom. The van der Waals surface area contributed by atoms with Gasteiger partial charge < -0.3 is 10.1 Å². The number of hydrogen-bond acceptors (Lipinski definition) is 4. The van der Waals surface area contributed by atoms with Gasteiger partial charge in [-0.2, -0.15) is 0 Å². The smallest absolute Gasteiger partial charge is 0.264 e. The van der Waals surface area contributed by atoms with Crippen LogP contribution in [0.1, 0.15) is 11.1 Å². The number of methoxy groups -OCH3 is 1. The Balaban J connectivity index is 2.00. The van der Waals surface area contributed by atoms with E-state index in [-0.39, 0.29) is 4.90 Å². The van der Waals surface area contributed by atoms with Gasteiger partial charge in [-0.05, 0) is 55.3 Å². The molecule has 0 aliphatic rings. The number of para-hydroxylation sites is 2. The van der Waals surface area contributed by atoms with Crippen molar-refractivity contribution in [3.63, 3.8) is 0 Å².